The molecule has 0 aliphatic carbocycles. The maximum absolute atomic E-state index is 13.6. The predicted molar refractivity (Wildman–Crippen MR) is 137 cm³/mol. The fraction of sp³-hybridized carbons (Fsp3) is 0.286. The van der Waals surface area contributed by atoms with Crippen LogP contribution < -0.4 is 4.90 Å². The van der Waals surface area contributed by atoms with E-state index in [2.05, 4.69) is 13.1 Å². The van der Waals surface area contributed by atoms with Crippen molar-refractivity contribution >= 4 is 40.6 Å². The number of carbonyl (C=O) groups excluding carboxylic acids is 2. The molecule has 3 aromatic carbocycles. The van der Waals surface area contributed by atoms with Crippen molar-refractivity contribution < 1.29 is 18.5 Å². The summed E-state index contributed by atoms with van der Waals surface area (Å²) in [6.45, 7) is 3.84. The van der Waals surface area contributed by atoms with Crippen LogP contribution in [-0.2, 0) is 0 Å². The third-order valence-electron chi connectivity index (χ3n) is 7.31. The largest absolute Gasteiger partial charge is 0.319 e. The summed E-state index contributed by atoms with van der Waals surface area (Å²) in [4.78, 5) is 28.6. The highest BCUT2D eigenvalue weighted by molar-refractivity contribution is 6.36. The Kier molecular flexibility index (Phi) is 6.20. The Morgan fingerprint density at radius 1 is 1.06 bits per heavy atom. The summed E-state index contributed by atoms with van der Waals surface area (Å²) < 4.78 is 14.0. The molecule has 1 fully saturated rings. The minimum absolute atomic E-state index is 0.00947. The van der Waals surface area contributed by atoms with Gasteiger partial charge < -0.3 is 9.38 Å². The normalized spacial score (nSPS) is 23.1. The maximum Gasteiger partial charge on any atom is 0.258 e. The van der Waals surface area contributed by atoms with Gasteiger partial charge in [-0.25, -0.2) is 4.39 Å². The van der Waals surface area contributed by atoms with Crippen LogP contribution >= 0.6 is 23.2 Å². The fourth-order valence-corrected chi connectivity index (χ4v) is 6.11. The van der Waals surface area contributed by atoms with Crippen LogP contribution in [0.3, 0.4) is 0 Å². The van der Waals surface area contributed by atoms with Gasteiger partial charge in [-0.05, 0) is 61.0 Å². The number of piperidine rings is 1. The zero-order chi connectivity index (χ0) is 24.9. The number of anilines is 1. The summed E-state index contributed by atoms with van der Waals surface area (Å²) in [5, 5.41) is 0.860. The molecule has 0 bridgehead atoms. The molecule has 3 aromatic rings. The molecule has 35 heavy (non-hydrogen) atoms. The third kappa shape index (κ3) is 4.49. The van der Waals surface area contributed by atoms with E-state index in [9.17, 15) is 14.0 Å². The highest BCUT2D eigenvalue weighted by Gasteiger charge is 2.49. The highest BCUT2D eigenvalue weighted by Crippen LogP contribution is 2.47. The first-order valence-electron chi connectivity index (χ1n) is 11.7. The Morgan fingerprint density at radius 3 is 2.51 bits per heavy atom. The fourth-order valence-electron chi connectivity index (χ4n) is 5.60. The van der Waals surface area contributed by atoms with Crippen LogP contribution in [-0.4, -0.2) is 48.9 Å². The summed E-state index contributed by atoms with van der Waals surface area (Å²) >= 11 is 12.3. The number of quaternary nitrogens is 1. The van der Waals surface area contributed by atoms with Crippen LogP contribution in [0.1, 0.15) is 44.2 Å². The van der Waals surface area contributed by atoms with Gasteiger partial charge in [-0.1, -0.05) is 40.9 Å². The van der Waals surface area contributed by atoms with Crippen LogP contribution in [0.5, 0.6) is 0 Å². The number of halogens is 3. The van der Waals surface area contributed by atoms with E-state index in [0.29, 0.717) is 32.2 Å². The van der Waals surface area contributed by atoms with Crippen molar-refractivity contribution in [2.45, 2.75) is 25.3 Å². The molecule has 3 atom stereocenters. The number of aryl methyl sites for hydroxylation is 1. The number of Topliss-reactive ketones (excluding diaryl/α,β-unsaturated/α-hetero) is 1. The van der Waals surface area contributed by atoms with Crippen LogP contribution in [0.15, 0.2) is 60.7 Å². The second kappa shape index (κ2) is 9.05. The van der Waals surface area contributed by atoms with Crippen LogP contribution in [0.25, 0.3) is 0 Å². The highest BCUT2D eigenvalue weighted by atomic mass is 35.5. The molecule has 1 saturated heterocycles. The quantitative estimate of drug-likeness (QED) is 0.305. The molecule has 180 valence electrons. The molecule has 0 radical (unpaired) electrons. The lowest BCUT2D eigenvalue weighted by Crippen LogP contribution is -2.58. The molecule has 5 rings (SSSR count). The van der Waals surface area contributed by atoms with E-state index in [0.717, 1.165) is 36.3 Å². The average Bonchev–Trinajstić information content (AvgIpc) is 3.11. The van der Waals surface area contributed by atoms with Gasteiger partial charge in [0, 0.05) is 28.3 Å². The maximum atomic E-state index is 13.6. The van der Waals surface area contributed by atoms with Crippen molar-refractivity contribution in [3.05, 3.63) is 98.8 Å². The minimum atomic E-state index is -0.368. The number of rotatable bonds is 4. The monoisotopic (exact) mass is 511 g/mol. The molecule has 0 spiro atoms. The second-order valence-corrected chi connectivity index (χ2v) is 10.8. The Labute approximate surface area is 214 Å². The molecule has 4 nitrogen and oxygen atoms in total. The second-order valence-electron chi connectivity index (χ2n) is 9.94. The van der Waals surface area contributed by atoms with Gasteiger partial charge in [-0.2, -0.15) is 0 Å². The average molecular weight is 512 g/mol. The first kappa shape index (κ1) is 24.0. The number of likely N-dealkylation sites (tertiary alicyclic amines) is 1. The first-order valence-corrected chi connectivity index (χ1v) is 12.4. The molecule has 2 aliphatic heterocycles. The Bertz CT molecular complexity index is 1330. The van der Waals surface area contributed by atoms with Gasteiger partial charge in [0.05, 0.1) is 37.1 Å². The van der Waals surface area contributed by atoms with Gasteiger partial charge in [0.15, 0.2) is 0 Å². The lowest BCUT2D eigenvalue weighted by Gasteiger charge is -2.44. The van der Waals surface area contributed by atoms with Crippen molar-refractivity contribution in [2.24, 2.45) is 0 Å². The molecule has 0 aromatic heterocycles. The van der Waals surface area contributed by atoms with E-state index in [4.69, 9.17) is 23.2 Å². The number of benzene rings is 3. The molecular formula is C28H26Cl2FN2O2+. The van der Waals surface area contributed by atoms with E-state index in [1.54, 1.807) is 18.2 Å². The molecule has 2 heterocycles. The van der Waals surface area contributed by atoms with E-state index in [1.165, 1.54) is 24.3 Å². The van der Waals surface area contributed by atoms with Gasteiger partial charge >= 0.3 is 0 Å². The summed E-state index contributed by atoms with van der Waals surface area (Å²) in [5.41, 5.74) is 4.11. The van der Waals surface area contributed by atoms with Crippen molar-refractivity contribution in [1.29, 1.82) is 0 Å². The van der Waals surface area contributed by atoms with Crippen molar-refractivity contribution in [3.63, 3.8) is 0 Å². The van der Waals surface area contributed by atoms with E-state index < -0.39 is 0 Å². The van der Waals surface area contributed by atoms with E-state index >= 15 is 0 Å². The Balaban J connectivity index is 1.44. The zero-order valence-electron chi connectivity index (χ0n) is 19.6. The van der Waals surface area contributed by atoms with E-state index in [1.807, 2.05) is 24.0 Å². The van der Waals surface area contributed by atoms with E-state index in [-0.39, 0.29) is 29.5 Å². The van der Waals surface area contributed by atoms with Gasteiger partial charge in [0.25, 0.3) is 5.91 Å². The SMILES string of the molecule is Cc1ccc2c(c1)[C@@H]1C[N@+](C)(CC(=O)c3ccc(Cl)cc3Cl)CC[C@H]1N2C(=O)c1ccc(F)cc1. The summed E-state index contributed by atoms with van der Waals surface area (Å²) in [6.07, 6.45) is 0.753. The van der Waals surface area contributed by atoms with Crippen molar-refractivity contribution in [3.8, 4) is 0 Å². The molecule has 1 amide bonds. The number of likely N-dealkylation sites (N-methyl/N-ethyl adjacent to an activating group) is 1. The predicted octanol–water partition coefficient (Wildman–Crippen LogP) is 6.29. The molecule has 0 saturated carbocycles. The Morgan fingerprint density at radius 2 is 1.80 bits per heavy atom. The molecule has 0 N–H and O–H groups in total. The smallest absolute Gasteiger partial charge is 0.258 e. The van der Waals surface area contributed by atoms with Gasteiger partial charge in [-0.3, -0.25) is 9.59 Å². The third-order valence-corrected chi connectivity index (χ3v) is 7.85. The summed E-state index contributed by atoms with van der Waals surface area (Å²) in [7, 11) is 2.10. The first-order chi connectivity index (χ1) is 16.6. The van der Waals surface area contributed by atoms with Crippen molar-refractivity contribution in [2.75, 3.05) is 31.6 Å². The number of hydrogen-bond donors (Lipinski definition) is 0. The van der Waals surface area contributed by atoms with Crippen LogP contribution in [0, 0.1) is 12.7 Å². The minimum Gasteiger partial charge on any atom is -0.319 e. The number of amides is 1. The standard InChI is InChI=1S/C28H26Cl2FN2O2/c1-17-3-10-25-22(13-17)23-15-33(2,16-27(34)21-9-6-19(29)14-24(21)30)12-11-26(23)32(25)28(35)18-4-7-20(31)8-5-18/h3-10,13-14,23,26H,11-12,15-16H2,1-2H3/q+1/t23-,26+,33+/m0/s1. The number of hydrogen-bond acceptors (Lipinski definition) is 2. The number of carbonyl (C=O) groups is 2. The van der Waals surface area contributed by atoms with Gasteiger partial charge in [-0.15, -0.1) is 0 Å². The molecule has 0 unspecified atom stereocenters. The summed E-state index contributed by atoms with van der Waals surface area (Å²) in [6, 6.07) is 16.8. The molecule has 2 aliphatic rings. The Hall–Kier alpha value is -2.73. The van der Waals surface area contributed by atoms with Crippen molar-refractivity contribution in [1.82, 2.24) is 0 Å². The number of nitrogens with zero attached hydrogens (tertiary/aromatic N) is 2. The topological polar surface area (TPSA) is 37.4 Å². The lowest BCUT2D eigenvalue weighted by molar-refractivity contribution is -0.907. The zero-order valence-corrected chi connectivity index (χ0v) is 21.1. The lowest BCUT2D eigenvalue weighted by atomic mass is 9.87. The van der Waals surface area contributed by atoms with Gasteiger partial charge in [0.2, 0.25) is 5.78 Å². The van der Waals surface area contributed by atoms with Crippen LogP contribution in [0.2, 0.25) is 10.0 Å². The summed E-state index contributed by atoms with van der Waals surface area (Å²) in [5.74, 6) is -0.411. The van der Waals surface area contributed by atoms with Gasteiger partial charge in [0.1, 0.15) is 12.4 Å². The molecular weight excluding hydrogens is 486 g/mol. The number of ketones is 1. The molecule has 7 heteroatoms. The van der Waals surface area contributed by atoms with Crippen LogP contribution in [0.4, 0.5) is 10.1 Å². The number of fused-ring (bicyclic) bond motifs is 3.